The summed E-state index contributed by atoms with van der Waals surface area (Å²) in [5.74, 6) is 0. The molecule has 3 atom stereocenters. The molecule has 0 radical (unpaired) electrons. The smallest absolute Gasteiger partial charge is 0.563 e. The molecule has 10 heteroatoms. The number of aliphatic hydroxyl groups is 1. The summed E-state index contributed by atoms with van der Waals surface area (Å²) in [5, 5.41) is 8.79. The normalized spacial score (nSPS) is 12.5. The number of hydrogen-bond donors (Lipinski definition) is 1. The Kier molecular flexibility index (Phi) is 13.1. The summed E-state index contributed by atoms with van der Waals surface area (Å²) in [4.78, 5) is 18.5. The third kappa shape index (κ3) is 12.5. The molecule has 0 bridgehead atoms. The Hall–Kier alpha value is 0.238. The van der Waals surface area contributed by atoms with Crippen molar-refractivity contribution >= 4 is 28.1 Å². The van der Waals surface area contributed by atoms with Crippen LogP contribution in [0, 0.1) is 0 Å². The van der Waals surface area contributed by atoms with Crippen LogP contribution in [0.2, 0.25) is 0 Å². The summed E-state index contributed by atoms with van der Waals surface area (Å²) >= 11 is 5.36. The summed E-state index contributed by atoms with van der Waals surface area (Å²) < 4.78 is 21.6. The molecular weight excluding hydrogens is 473 g/mol. The van der Waals surface area contributed by atoms with Gasteiger partial charge in [0.25, 0.3) is 0 Å². The fraction of sp³-hybridized carbons (Fsp3) is 0.143. The van der Waals surface area contributed by atoms with Gasteiger partial charge in [-0.05, 0) is 14.7 Å². The molecule has 0 aromatic heterocycles. The van der Waals surface area contributed by atoms with Crippen LogP contribution < -0.4 is 9.79 Å². The monoisotopic (exact) mass is 479 g/mol. The summed E-state index contributed by atoms with van der Waals surface area (Å²) in [5.41, 5.74) is -0.134. The molecule has 0 aliphatic heterocycles. The van der Waals surface area contributed by atoms with Crippen molar-refractivity contribution in [1.29, 1.82) is 0 Å². The summed E-state index contributed by atoms with van der Waals surface area (Å²) in [6, 6.07) is 9.10. The Balaban J connectivity index is 0. The molecule has 0 aliphatic rings. The first kappa shape index (κ1) is 19.6. The van der Waals surface area contributed by atoms with Crippen LogP contribution in [0.5, 0.6) is 0 Å². The van der Waals surface area contributed by atoms with Gasteiger partial charge in [0.2, 0.25) is 0 Å². The zero-order valence-corrected chi connectivity index (χ0v) is 12.9. The van der Waals surface area contributed by atoms with Crippen LogP contribution in [-0.4, -0.2) is 5.11 Å². The van der Waals surface area contributed by atoms with Gasteiger partial charge in [-0.15, -0.1) is 0 Å². The minimum Gasteiger partial charge on any atom is -0.563 e. The second-order valence-electron chi connectivity index (χ2n) is 2.28. The molecule has 96 valence electrons. The molecule has 0 fully saturated rings. The summed E-state index contributed by atoms with van der Waals surface area (Å²) in [6.07, 6.45) is 0. The predicted octanol–water partition coefficient (Wildman–Crippen LogP) is 0.952. The van der Waals surface area contributed by atoms with Crippen LogP contribution in [0.15, 0.2) is 30.3 Å². The van der Waals surface area contributed by atoms with Crippen molar-refractivity contribution in [2.45, 2.75) is 5.56 Å². The van der Waals surface area contributed by atoms with Crippen LogP contribution in [-0.2, 0) is 34.5 Å². The predicted molar refractivity (Wildman–Crippen MR) is 53.6 cm³/mol. The van der Waals surface area contributed by atoms with E-state index in [2.05, 4.69) is 4.31 Å². The molecule has 0 saturated carbocycles. The number of hydrogen-bond acceptors (Lipinski definition) is 6. The molecule has 1 rings (SSSR count). The van der Waals surface area contributed by atoms with Crippen molar-refractivity contribution < 1.29 is 49.4 Å². The van der Waals surface area contributed by atoms with Gasteiger partial charge < -0.3 is 14.9 Å². The maximum Gasteiger partial charge on any atom is 2.00 e. The number of halogens is 1. The van der Waals surface area contributed by atoms with Crippen molar-refractivity contribution in [3.63, 3.8) is 0 Å². The van der Waals surface area contributed by atoms with Gasteiger partial charge in [-0.1, -0.05) is 41.9 Å². The molecule has 17 heavy (non-hydrogen) atoms. The molecular formula is C7H7ClO6P2Pt+2. The van der Waals surface area contributed by atoms with E-state index >= 15 is 0 Å². The Morgan fingerprint density at radius 2 is 1.59 bits per heavy atom. The van der Waals surface area contributed by atoms with Crippen molar-refractivity contribution in [2.75, 3.05) is 0 Å². The summed E-state index contributed by atoms with van der Waals surface area (Å²) in [6.45, 7) is 0. The van der Waals surface area contributed by atoms with Crippen LogP contribution in [0.25, 0.3) is 0 Å². The van der Waals surface area contributed by atoms with Gasteiger partial charge in [0, 0.05) is 0 Å². The standard InChI is InChI=1S/C7H7ClO.O5P2.Pt/c8-7(9)6-4-2-1-3-5-6;1-6(2)5-7(3)4;/h1-5,7,9H;;/q;;+2. The minimum atomic E-state index is -3.24. The number of alkyl halides is 1. The fourth-order valence-electron chi connectivity index (χ4n) is 0.666. The topological polar surface area (TPSA) is 110 Å². The quantitative estimate of drug-likeness (QED) is 0.511. The van der Waals surface area contributed by atoms with Crippen LogP contribution >= 0.6 is 28.1 Å². The number of benzene rings is 1. The molecule has 0 spiro atoms. The van der Waals surface area contributed by atoms with Gasteiger partial charge in [-0.2, -0.15) is 0 Å². The second kappa shape index (κ2) is 11.3. The van der Waals surface area contributed by atoms with Gasteiger partial charge in [-0.25, -0.2) is 0 Å². The van der Waals surface area contributed by atoms with Crippen molar-refractivity contribution in [2.24, 2.45) is 0 Å². The van der Waals surface area contributed by atoms with Gasteiger partial charge >= 0.3 is 37.6 Å². The Morgan fingerprint density at radius 1 is 1.18 bits per heavy atom. The van der Waals surface area contributed by atoms with Gasteiger partial charge in [-0.3, -0.25) is 0 Å². The summed E-state index contributed by atoms with van der Waals surface area (Å²) in [7, 11) is -6.47. The molecule has 0 aliphatic carbocycles. The SMILES string of the molecule is O=[P+]([O-])O[P+](=O)[O-].OC(Cl)c1ccccc1.[Pt+2]. The Bertz CT molecular complexity index is 337. The van der Waals surface area contributed by atoms with Gasteiger partial charge in [0.15, 0.2) is 5.56 Å². The fourth-order valence-corrected chi connectivity index (χ4v) is 1.25. The first-order valence-electron chi connectivity index (χ1n) is 3.77. The third-order valence-corrected chi connectivity index (χ3v) is 2.53. The molecule has 1 aromatic rings. The number of aliphatic hydroxyl groups excluding tert-OH is 1. The first-order chi connectivity index (χ1) is 7.43. The number of rotatable bonds is 3. The molecule has 0 amide bonds. The van der Waals surface area contributed by atoms with Gasteiger partial charge in [0.1, 0.15) is 4.31 Å². The molecule has 0 saturated heterocycles. The first-order valence-corrected chi connectivity index (χ1v) is 6.40. The average Bonchev–Trinajstić information content (AvgIpc) is 2.17. The van der Waals surface area contributed by atoms with Gasteiger partial charge in [0.05, 0.1) is 0 Å². The third-order valence-electron chi connectivity index (χ3n) is 1.21. The van der Waals surface area contributed by atoms with Crippen LogP contribution in [0.3, 0.4) is 0 Å². The van der Waals surface area contributed by atoms with Crippen molar-refractivity contribution in [3.8, 4) is 0 Å². The maximum atomic E-state index is 9.24. The molecule has 3 unspecified atom stereocenters. The second-order valence-corrected chi connectivity index (χ2v) is 4.24. The minimum absolute atomic E-state index is 0. The largest absolute Gasteiger partial charge is 2.00 e. The van der Waals surface area contributed by atoms with E-state index < -0.39 is 22.1 Å². The molecule has 1 aromatic carbocycles. The van der Waals surface area contributed by atoms with Crippen LogP contribution in [0.1, 0.15) is 11.1 Å². The van der Waals surface area contributed by atoms with E-state index in [0.717, 1.165) is 5.56 Å². The van der Waals surface area contributed by atoms with E-state index in [9.17, 15) is 18.9 Å². The average molecular weight is 480 g/mol. The zero-order valence-electron chi connectivity index (χ0n) is 8.04. The van der Waals surface area contributed by atoms with E-state index in [4.69, 9.17) is 16.7 Å². The maximum absolute atomic E-state index is 9.24. The van der Waals surface area contributed by atoms with Crippen molar-refractivity contribution in [1.82, 2.24) is 0 Å². The molecule has 1 N–H and O–H groups in total. The van der Waals surface area contributed by atoms with E-state index in [0.29, 0.717) is 0 Å². The Morgan fingerprint density at radius 3 is 1.76 bits per heavy atom. The van der Waals surface area contributed by atoms with E-state index in [1.54, 1.807) is 12.1 Å². The van der Waals surface area contributed by atoms with Crippen LogP contribution in [0.4, 0.5) is 0 Å². The zero-order chi connectivity index (χ0) is 12.6. The van der Waals surface area contributed by atoms with Crippen molar-refractivity contribution in [3.05, 3.63) is 35.9 Å². The van der Waals surface area contributed by atoms with E-state index in [1.165, 1.54) is 0 Å². The molecule has 6 nitrogen and oxygen atoms in total. The Labute approximate surface area is 119 Å². The van der Waals surface area contributed by atoms with E-state index in [1.807, 2.05) is 18.2 Å². The van der Waals surface area contributed by atoms with E-state index in [-0.39, 0.29) is 21.1 Å². The molecule has 0 heterocycles.